The quantitative estimate of drug-likeness (QED) is 0.703. The maximum atomic E-state index is 12.3. The van der Waals surface area contributed by atoms with Crippen molar-refractivity contribution in [2.45, 2.75) is 45.3 Å². The average Bonchev–Trinajstić information content (AvgIpc) is 2.45. The van der Waals surface area contributed by atoms with Gasteiger partial charge in [-0.1, -0.05) is 30.3 Å². The zero-order valence-corrected chi connectivity index (χ0v) is 14.2. The fourth-order valence-electron chi connectivity index (χ4n) is 1.92. The van der Waals surface area contributed by atoms with Crippen LogP contribution in [0.3, 0.4) is 0 Å². The van der Waals surface area contributed by atoms with Gasteiger partial charge in [0.2, 0.25) is 5.91 Å². The third kappa shape index (κ3) is 8.17. The van der Waals surface area contributed by atoms with Crippen LogP contribution in [-0.2, 0) is 20.7 Å². The molecule has 0 bridgehead atoms. The van der Waals surface area contributed by atoms with Crippen molar-refractivity contribution in [3.63, 3.8) is 0 Å². The van der Waals surface area contributed by atoms with E-state index in [1.54, 1.807) is 20.8 Å². The molecule has 1 aromatic rings. The molecule has 0 aromatic heterocycles. The third-order valence-electron chi connectivity index (χ3n) is 2.93. The Bertz CT molecular complexity index is 566. The van der Waals surface area contributed by atoms with Crippen molar-refractivity contribution < 1.29 is 24.2 Å². The minimum absolute atomic E-state index is 0.00451. The summed E-state index contributed by atoms with van der Waals surface area (Å²) < 4.78 is 5.17. The number of carboxylic acid groups (broad SMARTS) is 1. The molecule has 3 N–H and O–H groups in total. The maximum absolute atomic E-state index is 12.3. The van der Waals surface area contributed by atoms with Crippen LogP contribution in [0.2, 0.25) is 0 Å². The third-order valence-corrected chi connectivity index (χ3v) is 2.93. The summed E-state index contributed by atoms with van der Waals surface area (Å²) in [7, 11) is 0. The van der Waals surface area contributed by atoms with E-state index in [2.05, 4.69) is 10.6 Å². The van der Waals surface area contributed by atoms with Gasteiger partial charge in [-0.2, -0.15) is 0 Å². The van der Waals surface area contributed by atoms with E-state index in [9.17, 15) is 14.4 Å². The van der Waals surface area contributed by atoms with Crippen molar-refractivity contribution in [3.05, 3.63) is 35.9 Å². The summed E-state index contributed by atoms with van der Waals surface area (Å²) in [5.41, 5.74) is 0.188. The zero-order chi connectivity index (χ0) is 18.2. The minimum atomic E-state index is -1.00. The Morgan fingerprint density at radius 3 is 2.33 bits per heavy atom. The molecule has 0 saturated carbocycles. The van der Waals surface area contributed by atoms with Crippen molar-refractivity contribution in [1.29, 1.82) is 0 Å². The first kappa shape index (κ1) is 19.5. The van der Waals surface area contributed by atoms with Crippen molar-refractivity contribution in [2.75, 3.05) is 6.54 Å². The molecule has 24 heavy (non-hydrogen) atoms. The van der Waals surface area contributed by atoms with Crippen LogP contribution in [0.25, 0.3) is 0 Å². The van der Waals surface area contributed by atoms with Crippen LogP contribution < -0.4 is 10.6 Å². The largest absolute Gasteiger partial charge is 0.481 e. The van der Waals surface area contributed by atoms with Gasteiger partial charge in [-0.25, -0.2) is 4.79 Å². The van der Waals surface area contributed by atoms with Gasteiger partial charge in [0.25, 0.3) is 0 Å². The van der Waals surface area contributed by atoms with Crippen molar-refractivity contribution in [2.24, 2.45) is 0 Å². The highest BCUT2D eigenvalue weighted by Gasteiger charge is 2.24. The number of nitrogens with one attached hydrogen (secondary N) is 2. The molecule has 132 valence electrons. The second-order valence-electron chi connectivity index (χ2n) is 6.32. The highest BCUT2D eigenvalue weighted by molar-refractivity contribution is 5.86. The second kappa shape index (κ2) is 8.90. The highest BCUT2D eigenvalue weighted by Crippen LogP contribution is 2.08. The van der Waals surface area contributed by atoms with Gasteiger partial charge in [-0.3, -0.25) is 9.59 Å². The lowest BCUT2D eigenvalue weighted by Crippen LogP contribution is -2.49. The highest BCUT2D eigenvalue weighted by atomic mass is 16.6. The number of hydrogen-bond acceptors (Lipinski definition) is 4. The van der Waals surface area contributed by atoms with Gasteiger partial charge < -0.3 is 20.5 Å². The number of amides is 2. The second-order valence-corrected chi connectivity index (χ2v) is 6.32. The Morgan fingerprint density at radius 2 is 1.79 bits per heavy atom. The molecule has 0 aliphatic carbocycles. The molecule has 0 aliphatic heterocycles. The lowest BCUT2D eigenvalue weighted by Gasteiger charge is -2.23. The Labute approximate surface area is 141 Å². The molecule has 1 aromatic carbocycles. The lowest BCUT2D eigenvalue weighted by molar-refractivity contribution is -0.137. The van der Waals surface area contributed by atoms with Crippen molar-refractivity contribution in [3.8, 4) is 0 Å². The van der Waals surface area contributed by atoms with E-state index in [0.717, 1.165) is 5.56 Å². The van der Waals surface area contributed by atoms with Gasteiger partial charge in [0.1, 0.15) is 11.6 Å². The standard InChI is InChI=1S/C17H24N2O5/c1-17(2,3)24-16(23)19-13(11-12-7-5-4-6-8-12)15(22)18-10-9-14(20)21/h4-8,13H,9-11H2,1-3H3,(H,18,22)(H,19,23)(H,20,21)/t13-/m0/s1. The molecule has 1 atom stereocenters. The van der Waals surface area contributed by atoms with Crippen LogP contribution >= 0.6 is 0 Å². The first-order chi connectivity index (χ1) is 11.2. The van der Waals surface area contributed by atoms with Crippen LogP contribution in [0, 0.1) is 0 Å². The Hall–Kier alpha value is -2.57. The number of hydrogen-bond donors (Lipinski definition) is 3. The Morgan fingerprint density at radius 1 is 1.17 bits per heavy atom. The van der Waals surface area contributed by atoms with E-state index in [0.29, 0.717) is 0 Å². The first-order valence-corrected chi connectivity index (χ1v) is 7.70. The molecule has 7 heteroatoms. The van der Waals surface area contributed by atoms with E-state index < -0.39 is 29.6 Å². The number of carbonyl (C=O) groups is 3. The molecular formula is C17H24N2O5. The molecule has 0 fully saturated rings. The summed E-state index contributed by atoms with van der Waals surface area (Å²) in [6.45, 7) is 5.18. The smallest absolute Gasteiger partial charge is 0.408 e. The summed E-state index contributed by atoms with van der Waals surface area (Å²) in [5.74, 6) is -1.46. The van der Waals surface area contributed by atoms with Crippen LogP contribution in [-0.4, -0.2) is 41.3 Å². The molecule has 0 heterocycles. The number of benzene rings is 1. The fraction of sp³-hybridized carbons (Fsp3) is 0.471. The molecule has 2 amide bonds. The molecule has 7 nitrogen and oxygen atoms in total. The minimum Gasteiger partial charge on any atom is -0.481 e. The van der Waals surface area contributed by atoms with Crippen molar-refractivity contribution in [1.82, 2.24) is 10.6 Å². The van der Waals surface area contributed by atoms with Crippen LogP contribution in [0.1, 0.15) is 32.8 Å². The lowest BCUT2D eigenvalue weighted by atomic mass is 10.1. The fourth-order valence-corrected chi connectivity index (χ4v) is 1.92. The summed E-state index contributed by atoms with van der Waals surface area (Å²) in [4.78, 5) is 34.7. The normalized spacial score (nSPS) is 12.1. The van der Waals surface area contributed by atoms with Gasteiger partial charge >= 0.3 is 12.1 Å². The molecular weight excluding hydrogens is 312 g/mol. The SMILES string of the molecule is CC(C)(C)OC(=O)N[C@@H](Cc1ccccc1)C(=O)NCCC(=O)O. The molecule has 0 saturated heterocycles. The number of aliphatic carboxylic acids is 1. The Kier molecular flexibility index (Phi) is 7.23. The number of carbonyl (C=O) groups excluding carboxylic acids is 2. The maximum Gasteiger partial charge on any atom is 0.408 e. The van der Waals surface area contributed by atoms with E-state index in [1.807, 2.05) is 30.3 Å². The number of alkyl carbamates (subject to hydrolysis) is 1. The molecule has 0 radical (unpaired) electrons. The summed E-state index contributed by atoms with van der Waals surface area (Å²) in [6.07, 6.45) is -0.605. The van der Waals surface area contributed by atoms with Crippen LogP contribution in [0.4, 0.5) is 4.79 Å². The van der Waals surface area contributed by atoms with E-state index in [4.69, 9.17) is 9.84 Å². The summed E-state index contributed by atoms with van der Waals surface area (Å²) in [6, 6.07) is 8.36. The van der Waals surface area contributed by atoms with E-state index in [1.165, 1.54) is 0 Å². The number of carboxylic acids is 1. The monoisotopic (exact) mass is 336 g/mol. The topological polar surface area (TPSA) is 105 Å². The van der Waals surface area contributed by atoms with Crippen molar-refractivity contribution >= 4 is 18.0 Å². The number of rotatable bonds is 7. The van der Waals surface area contributed by atoms with E-state index in [-0.39, 0.29) is 19.4 Å². The first-order valence-electron chi connectivity index (χ1n) is 7.70. The Balaban J connectivity index is 2.73. The van der Waals surface area contributed by atoms with Gasteiger partial charge in [0.05, 0.1) is 6.42 Å². The molecule has 0 spiro atoms. The molecule has 0 aliphatic rings. The van der Waals surface area contributed by atoms with E-state index >= 15 is 0 Å². The van der Waals surface area contributed by atoms with Crippen LogP contribution in [0.15, 0.2) is 30.3 Å². The van der Waals surface area contributed by atoms with Gasteiger partial charge in [-0.05, 0) is 26.3 Å². The van der Waals surface area contributed by atoms with Gasteiger partial charge in [0, 0.05) is 13.0 Å². The van der Waals surface area contributed by atoms with Gasteiger partial charge in [-0.15, -0.1) is 0 Å². The predicted molar refractivity (Wildman–Crippen MR) is 88.6 cm³/mol. The molecule has 1 rings (SSSR count). The summed E-state index contributed by atoms with van der Waals surface area (Å²) in [5, 5.41) is 13.7. The van der Waals surface area contributed by atoms with Crippen LogP contribution in [0.5, 0.6) is 0 Å². The summed E-state index contributed by atoms with van der Waals surface area (Å²) >= 11 is 0. The van der Waals surface area contributed by atoms with Gasteiger partial charge in [0.15, 0.2) is 0 Å². The zero-order valence-electron chi connectivity index (χ0n) is 14.2. The predicted octanol–water partition coefficient (Wildman–Crippen LogP) is 1.71. The molecule has 0 unspecified atom stereocenters. The number of ether oxygens (including phenoxy) is 1. The average molecular weight is 336 g/mol.